The Labute approximate surface area is 158 Å². The zero-order valence-corrected chi connectivity index (χ0v) is 15.2. The molecule has 0 bridgehead atoms. The lowest BCUT2D eigenvalue weighted by atomic mass is 10.1. The van der Waals surface area contributed by atoms with E-state index in [0.29, 0.717) is 0 Å². The second-order valence-corrected chi connectivity index (χ2v) is 6.12. The van der Waals surface area contributed by atoms with Gasteiger partial charge in [0.25, 0.3) is 0 Å². The second-order valence-electron chi connectivity index (χ2n) is 6.12. The lowest BCUT2D eigenvalue weighted by molar-refractivity contribution is -0.139. The van der Waals surface area contributed by atoms with Crippen molar-refractivity contribution < 1.29 is 9.53 Å². The van der Waals surface area contributed by atoms with Gasteiger partial charge in [-0.1, -0.05) is 48.0 Å². The summed E-state index contributed by atoms with van der Waals surface area (Å²) in [6.07, 6.45) is 4.05. The molecule has 3 rings (SSSR count). The number of carbonyl (C=O) groups excluding carboxylic acids is 1. The smallest absolute Gasteiger partial charge is 0.332 e. The summed E-state index contributed by atoms with van der Waals surface area (Å²) in [7, 11) is 0. The molecule has 0 aliphatic rings. The minimum Gasteiger partial charge on any atom is -0.444 e. The van der Waals surface area contributed by atoms with Crippen LogP contribution in [-0.2, 0) is 9.53 Å². The molecule has 0 N–H and O–H groups in total. The molecule has 0 spiro atoms. The molecular formula is C22H19N3O2. The van der Waals surface area contributed by atoms with Crippen molar-refractivity contribution in [3.05, 3.63) is 78.0 Å². The number of rotatable bonds is 5. The van der Waals surface area contributed by atoms with E-state index in [2.05, 4.69) is 0 Å². The summed E-state index contributed by atoms with van der Waals surface area (Å²) >= 11 is 0. The van der Waals surface area contributed by atoms with Crippen molar-refractivity contribution in [2.24, 2.45) is 0 Å². The number of aromatic nitrogens is 2. The normalized spacial score (nSPS) is 11.9. The van der Waals surface area contributed by atoms with Crippen molar-refractivity contribution in [2.45, 2.75) is 20.0 Å². The second kappa shape index (κ2) is 8.15. The fourth-order valence-corrected chi connectivity index (χ4v) is 2.56. The third-order valence-electron chi connectivity index (χ3n) is 3.96. The largest absolute Gasteiger partial charge is 0.444 e. The standard InChI is InChI=1S/C22H19N3O2/c1-16-8-10-18(11-9-16)22-19(12-13-21(26)27-17(2)14-23)15-25(24-22)20-6-4-3-5-7-20/h3-13,15,17H,1-2H3/b13-12+. The van der Waals surface area contributed by atoms with Crippen LogP contribution in [0.4, 0.5) is 0 Å². The molecule has 5 nitrogen and oxygen atoms in total. The highest BCUT2D eigenvalue weighted by Gasteiger charge is 2.11. The number of esters is 1. The van der Waals surface area contributed by atoms with E-state index in [1.807, 2.05) is 73.8 Å². The summed E-state index contributed by atoms with van der Waals surface area (Å²) < 4.78 is 6.74. The number of hydrogen-bond donors (Lipinski definition) is 0. The Morgan fingerprint density at radius 1 is 1.19 bits per heavy atom. The summed E-state index contributed by atoms with van der Waals surface area (Å²) in [6.45, 7) is 3.55. The van der Waals surface area contributed by atoms with Crippen LogP contribution in [-0.4, -0.2) is 21.9 Å². The van der Waals surface area contributed by atoms with E-state index in [0.717, 1.165) is 28.1 Å². The predicted molar refractivity (Wildman–Crippen MR) is 104 cm³/mol. The van der Waals surface area contributed by atoms with Crippen molar-refractivity contribution in [3.8, 4) is 23.0 Å². The van der Waals surface area contributed by atoms with Crippen molar-refractivity contribution in [2.75, 3.05) is 0 Å². The van der Waals surface area contributed by atoms with Crippen LogP contribution in [0.3, 0.4) is 0 Å². The van der Waals surface area contributed by atoms with Gasteiger partial charge in [-0.15, -0.1) is 0 Å². The molecule has 27 heavy (non-hydrogen) atoms. The van der Waals surface area contributed by atoms with Crippen molar-refractivity contribution in [1.29, 1.82) is 5.26 Å². The molecule has 1 aromatic heterocycles. The molecule has 0 amide bonds. The van der Waals surface area contributed by atoms with E-state index in [1.165, 1.54) is 13.0 Å². The highest BCUT2D eigenvalue weighted by Crippen LogP contribution is 2.25. The third kappa shape index (κ3) is 4.50. The van der Waals surface area contributed by atoms with E-state index >= 15 is 0 Å². The van der Waals surface area contributed by atoms with Crippen LogP contribution in [0, 0.1) is 18.3 Å². The lowest BCUT2D eigenvalue weighted by Crippen LogP contribution is -2.10. The van der Waals surface area contributed by atoms with Crippen LogP contribution in [0.15, 0.2) is 66.9 Å². The van der Waals surface area contributed by atoms with Gasteiger partial charge in [-0.25, -0.2) is 9.48 Å². The summed E-state index contributed by atoms with van der Waals surface area (Å²) in [5.41, 5.74) is 4.58. The molecule has 3 aromatic rings. The van der Waals surface area contributed by atoms with Crippen LogP contribution in [0.1, 0.15) is 18.1 Å². The van der Waals surface area contributed by atoms with Gasteiger partial charge in [0.1, 0.15) is 6.07 Å². The molecule has 2 aromatic carbocycles. The van der Waals surface area contributed by atoms with Gasteiger partial charge in [-0.05, 0) is 32.1 Å². The number of para-hydroxylation sites is 1. The van der Waals surface area contributed by atoms with Crippen LogP contribution >= 0.6 is 0 Å². The van der Waals surface area contributed by atoms with Crippen LogP contribution in [0.25, 0.3) is 23.0 Å². The van der Waals surface area contributed by atoms with Gasteiger partial charge in [0.05, 0.1) is 11.4 Å². The number of benzene rings is 2. The monoisotopic (exact) mass is 357 g/mol. The number of ether oxygens (including phenoxy) is 1. The first-order chi connectivity index (χ1) is 13.1. The molecule has 0 saturated carbocycles. The fourth-order valence-electron chi connectivity index (χ4n) is 2.56. The Morgan fingerprint density at radius 3 is 2.56 bits per heavy atom. The summed E-state index contributed by atoms with van der Waals surface area (Å²) in [4.78, 5) is 11.9. The topological polar surface area (TPSA) is 67.9 Å². The summed E-state index contributed by atoms with van der Waals surface area (Å²) in [6, 6.07) is 19.7. The van der Waals surface area contributed by atoms with Crippen LogP contribution < -0.4 is 0 Å². The molecule has 0 aliphatic carbocycles. The first kappa shape index (κ1) is 18.2. The predicted octanol–water partition coefficient (Wildman–Crippen LogP) is 4.32. The molecule has 0 saturated heterocycles. The third-order valence-corrected chi connectivity index (χ3v) is 3.96. The van der Waals surface area contributed by atoms with Crippen LogP contribution in [0.2, 0.25) is 0 Å². The molecule has 5 heteroatoms. The molecule has 1 heterocycles. The molecule has 0 fully saturated rings. The van der Waals surface area contributed by atoms with Gasteiger partial charge in [0.15, 0.2) is 6.10 Å². The number of aryl methyl sites for hydroxylation is 1. The molecular weight excluding hydrogens is 338 g/mol. The molecule has 0 aliphatic heterocycles. The van der Waals surface area contributed by atoms with Gasteiger partial charge < -0.3 is 4.74 Å². The number of carbonyl (C=O) groups is 1. The highest BCUT2D eigenvalue weighted by molar-refractivity contribution is 5.89. The van der Waals surface area contributed by atoms with Gasteiger partial charge in [0, 0.05) is 23.4 Å². The maximum Gasteiger partial charge on any atom is 0.332 e. The van der Waals surface area contributed by atoms with Crippen molar-refractivity contribution in [3.63, 3.8) is 0 Å². The Morgan fingerprint density at radius 2 is 1.89 bits per heavy atom. The van der Waals surface area contributed by atoms with Gasteiger partial charge >= 0.3 is 5.97 Å². The SMILES string of the molecule is Cc1ccc(-c2nn(-c3ccccc3)cc2/C=C/C(=O)OC(C)C#N)cc1. The lowest BCUT2D eigenvalue weighted by Gasteiger charge is -2.02. The minimum atomic E-state index is -0.786. The number of nitrogens with zero attached hydrogens (tertiary/aromatic N) is 3. The molecule has 0 radical (unpaired) electrons. The van der Waals surface area contributed by atoms with Crippen molar-refractivity contribution >= 4 is 12.0 Å². The fraction of sp³-hybridized carbons (Fsp3) is 0.136. The quantitative estimate of drug-likeness (QED) is 0.504. The minimum absolute atomic E-state index is 0.564. The average molecular weight is 357 g/mol. The summed E-state index contributed by atoms with van der Waals surface area (Å²) in [5, 5.41) is 13.4. The van der Waals surface area contributed by atoms with E-state index < -0.39 is 12.1 Å². The number of hydrogen-bond acceptors (Lipinski definition) is 4. The zero-order valence-electron chi connectivity index (χ0n) is 15.2. The van der Waals surface area contributed by atoms with Gasteiger partial charge in [-0.3, -0.25) is 0 Å². The summed E-state index contributed by atoms with van der Waals surface area (Å²) in [5.74, 6) is -0.564. The Hall–Kier alpha value is -3.65. The molecule has 134 valence electrons. The van der Waals surface area contributed by atoms with Crippen LogP contribution in [0.5, 0.6) is 0 Å². The first-order valence-electron chi connectivity index (χ1n) is 8.57. The maximum atomic E-state index is 11.9. The van der Waals surface area contributed by atoms with Gasteiger partial charge in [0.2, 0.25) is 0 Å². The van der Waals surface area contributed by atoms with Gasteiger partial charge in [-0.2, -0.15) is 10.4 Å². The maximum absolute atomic E-state index is 11.9. The molecule has 1 unspecified atom stereocenters. The van der Waals surface area contributed by atoms with E-state index in [4.69, 9.17) is 15.1 Å². The zero-order chi connectivity index (χ0) is 19.2. The molecule has 1 atom stereocenters. The van der Waals surface area contributed by atoms with E-state index in [1.54, 1.807) is 10.8 Å². The Bertz CT molecular complexity index is 996. The van der Waals surface area contributed by atoms with E-state index in [9.17, 15) is 4.79 Å². The first-order valence-corrected chi connectivity index (χ1v) is 8.57. The Kier molecular flexibility index (Phi) is 5.48. The average Bonchev–Trinajstić information content (AvgIpc) is 3.12. The number of nitriles is 1. The highest BCUT2D eigenvalue weighted by atomic mass is 16.5. The van der Waals surface area contributed by atoms with Crippen molar-refractivity contribution in [1.82, 2.24) is 9.78 Å². The Balaban J connectivity index is 1.98. The van der Waals surface area contributed by atoms with E-state index in [-0.39, 0.29) is 0 Å².